The molecular weight excluding hydrogens is 374 g/mol. The van der Waals surface area contributed by atoms with E-state index >= 15 is 0 Å². The summed E-state index contributed by atoms with van der Waals surface area (Å²) in [7, 11) is 0. The highest BCUT2D eigenvalue weighted by Crippen LogP contribution is 2.21. The van der Waals surface area contributed by atoms with E-state index in [-0.39, 0.29) is 5.56 Å². The zero-order valence-electron chi connectivity index (χ0n) is 16.6. The number of nitrogens with one attached hydrogen (secondary N) is 2. The number of H-pyrrole nitrogens is 1. The zero-order chi connectivity index (χ0) is 20.5. The van der Waals surface area contributed by atoms with Crippen molar-refractivity contribution in [1.82, 2.24) is 19.5 Å². The van der Waals surface area contributed by atoms with Crippen molar-refractivity contribution in [2.24, 2.45) is 0 Å². The van der Waals surface area contributed by atoms with Gasteiger partial charge in [0.1, 0.15) is 5.65 Å². The van der Waals surface area contributed by atoms with E-state index in [1.165, 1.54) is 0 Å². The second-order valence-corrected chi connectivity index (χ2v) is 7.26. The fraction of sp³-hybridized carbons (Fsp3) is 0.125. The first-order valence-corrected chi connectivity index (χ1v) is 9.99. The summed E-state index contributed by atoms with van der Waals surface area (Å²) >= 11 is 0. The number of pyridine rings is 1. The number of aromatic amines is 1. The molecule has 2 aromatic carbocycles. The molecule has 2 N–H and O–H groups in total. The normalized spacial score (nSPS) is 11.2. The number of anilines is 2. The van der Waals surface area contributed by atoms with Crippen LogP contribution in [-0.4, -0.2) is 19.5 Å². The molecule has 0 saturated heterocycles. The van der Waals surface area contributed by atoms with Gasteiger partial charge >= 0.3 is 0 Å². The molecule has 6 heteroatoms. The lowest BCUT2D eigenvalue weighted by Crippen LogP contribution is -2.24. The Labute approximate surface area is 173 Å². The fourth-order valence-corrected chi connectivity index (χ4v) is 3.78. The Balaban J connectivity index is 1.53. The molecule has 0 fully saturated rings. The van der Waals surface area contributed by atoms with Crippen LogP contribution in [0.15, 0.2) is 77.9 Å². The molecule has 0 unspecified atom stereocenters. The Morgan fingerprint density at radius 2 is 1.90 bits per heavy atom. The zero-order valence-corrected chi connectivity index (χ0v) is 16.6. The molecule has 0 aliphatic rings. The quantitative estimate of drug-likeness (QED) is 0.455. The average Bonchev–Trinajstić information content (AvgIpc) is 3.23. The smallest absolute Gasteiger partial charge is 0.255 e. The molecule has 0 radical (unpaired) electrons. The van der Waals surface area contributed by atoms with Gasteiger partial charge in [0.2, 0.25) is 5.95 Å². The minimum atomic E-state index is -0.00718. The van der Waals surface area contributed by atoms with Gasteiger partial charge in [0.05, 0.1) is 0 Å². The average molecular weight is 395 g/mol. The molecule has 148 valence electrons. The molecule has 3 aromatic heterocycles. The molecular formula is C24H21N5O. The van der Waals surface area contributed by atoms with Gasteiger partial charge in [-0.3, -0.25) is 9.36 Å². The molecule has 0 aliphatic carbocycles. The predicted octanol–water partition coefficient (Wildman–Crippen LogP) is 4.63. The number of hydrogen-bond acceptors (Lipinski definition) is 4. The van der Waals surface area contributed by atoms with E-state index < -0.39 is 0 Å². The van der Waals surface area contributed by atoms with Crippen LogP contribution in [0.5, 0.6) is 0 Å². The predicted molar refractivity (Wildman–Crippen MR) is 120 cm³/mol. The first-order valence-electron chi connectivity index (χ1n) is 9.99. The highest BCUT2D eigenvalue weighted by atomic mass is 16.1. The summed E-state index contributed by atoms with van der Waals surface area (Å²) in [6.45, 7) is 2.51. The lowest BCUT2D eigenvalue weighted by molar-refractivity contribution is 0.739. The number of benzene rings is 2. The van der Waals surface area contributed by atoms with Crippen LogP contribution in [-0.2, 0) is 13.0 Å². The van der Waals surface area contributed by atoms with Crippen molar-refractivity contribution in [3.63, 3.8) is 0 Å². The van der Waals surface area contributed by atoms with Crippen molar-refractivity contribution in [2.45, 2.75) is 19.9 Å². The topological polar surface area (TPSA) is 75.6 Å². The summed E-state index contributed by atoms with van der Waals surface area (Å²) < 4.78 is 1.72. The molecule has 0 saturated carbocycles. The van der Waals surface area contributed by atoms with Gasteiger partial charge in [-0.25, -0.2) is 4.98 Å². The van der Waals surface area contributed by atoms with E-state index in [9.17, 15) is 4.79 Å². The van der Waals surface area contributed by atoms with Crippen LogP contribution in [0, 0.1) is 0 Å². The summed E-state index contributed by atoms with van der Waals surface area (Å²) in [6.07, 6.45) is 4.28. The van der Waals surface area contributed by atoms with E-state index in [0.717, 1.165) is 33.1 Å². The number of aromatic nitrogens is 4. The summed E-state index contributed by atoms with van der Waals surface area (Å²) in [5.74, 6) is 0.467. The highest BCUT2D eigenvalue weighted by Gasteiger charge is 2.12. The van der Waals surface area contributed by atoms with Gasteiger partial charge in [0.15, 0.2) is 0 Å². The maximum atomic E-state index is 13.1. The van der Waals surface area contributed by atoms with Crippen molar-refractivity contribution in [1.29, 1.82) is 0 Å². The van der Waals surface area contributed by atoms with E-state index in [1.54, 1.807) is 10.8 Å². The van der Waals surface area contributed by atoms with Gasteiger partial charge in [-0.05, 0) is 42.8 Å². The van der Waals surface area contributed by atoms with Crippen LogP contribution >= 0.6 is 0 Å². The Bertz CT molecular complexity index is 1400. The third-order valence-electron chi connectivity index (χ3n) is 5.26. The van der Waals surface area contributed by atoms with Gasteiger partial charge in [0, 0.05) is 52.9 Å². The van der Waals surface area contributed by atoms with Crippen molar-refractivity contribution in [3.8, 4) is 0 Å². The summed E-state index contributed by atoms with van der Waals surface area (Å²) in [5.41, 5.74) is 4.46. The molecule has 5 aromatic rings. The Hall–Kier alpha value is -3.93. The van der Waals surface area contributed by atoms with Crippen LogP contribution < -0.4 is 10.9 Å². The number of hydrogen-bond donors (Lipinski definition) is 2. The molecule has 6 nitrogen and oxygen atoms in total. The molecule has 30 heavy (non-hydrogen) atoms. The third-order valence-corrected chi connectivity index (χ3v) is 5.26. The summed E-state index contributed by atoms with van der Waals surface area (Å²) in [5, 5.41) is 5.22. The lowest BCUT2D eigenvalue weighted by Gasteiger charge is -2.12. The van der Waals surface area contributed by atoms with Crippen molar-refractivity contribution < 1.29 is 0 Å². The van der Waals surface area contributed by atoms with Crippen molar-refractivity contribution in [2.75, 3.05) is 5.32 Å². The van der Waals surface area contributed by atoms with E-state index in [2.05, 4.69) is 20.3 Å². The van der Waals surface area contributed by atoms with Crippen LogP contribution in [0.4, 0.5) is 11.6 Å². The molecule has 0 aliphatic heterocycles. The largest absolute Gasteiger partial charge is 0.361 e. The molecule has 3 heterocycles. The Morgan fingerprint density at radius 3 is 2.73 bits per heavy atom. The van der Waals surface area contributed by atoms with Gasteiger partial charge in [-0.1, -0.05) is 30.3 Å². The molecule has 5 rings (SSSR count). The van der Waals surface area contributed by atoms with Gasteiger partial charge in [-0.15, -0.1) is 0 Å². The minimum absolute atomic E-state index is 0.00718. The van der Waals surface area contributed by atoms with Crippen LogP contribution in [0.25, 0.3) is 21.9 Å². The van der Waals surface area contributed by atoms with Gasteiger partial charge in [-0.2, -0.15) is 4.98 Å². The second kappa shape index (κ2) is 7.48. The fourth-order valence-electron chi connectivity index (χ4n) is 3.78. The summed E-state index contributed by atoms with van der Waals surface area (Å²) in [4.78, 5) is 25.4. The van der Waals surface area contributed by atoms with Crippen LogP contribution in [0.3, 0.4) is 0 Å². The number of rotatable bonds is 5. The van der Waals surface area contributed by atoms with E-state index in [0.29, 0.717) is 24.6 Å². The van der Waals surface area contributed by atoms with E-state index in [4.69, 9.17) is 0 Å². The first kappa shape index (κ1) is 18.1. The lowest BCUT2D eigenvalue weighted by atomic mass is 10.1. The molecule has 0 spiro atoms. The molecule has 0 amide bonds. The number of aryl methyl sites for hydroxylation is 1. The van der Waals surface area contributed by atoms with Crippen LogP contribution in [0.1, 0.15) is 18.1 Å². The molecule has 0 atom stereocenters. The van der Waals surface area contributed by atoms with E-state index in [1.807, 2.05) is 73.8 Å². The van der Waals surface area contributed by atoms with Crippen molar-refractivity contribution in [3.05, 3.63) is 94.5 Å². The van der Waals surface area contributed by atoms with Gasteiger partial charge < -0.3 is 10.3 Å². The maximum Gasteiger partial charge on any atom is 0.255 e. The van der Waals surface area contributed by atoms with Crippen LogP contribution in [0.2, 0.25) is 0 Å². The first-order chi connectivity index (χ1) is 14.7. The van der Waals surface area contributed by atoms with Crippen molar-refractivity contribution >= 4 is 33.6 Å². The summed E-state index contributed by atoms with van der Waals surface area (Å²) in [6, 6.07) is 20.0. The number of nitrogens with zero attached hydrogens (tertiary/aromatic N) is 3. The van der Waals surface area contributed by atoms with Gasteiger partial charge in [0.25, 0.3) is 5.56 Å². The molecule has 0 bridgehead atoms. The highest BCUT2D eigenvalue weighted by molar-refractivity contribution is 5.84. The minimum Gasteiger partial charge on any atom is -0.361 e. The monoisotopic (exact) mass is 395 g/mol. The Kier molecular flexibility index (Phi) is 4.52. The standard InChI is InChI=1S/C24H21N5O/c1-2-29-22-19(13-18(23(29)30)12-16-6-4-3-5-7-16)15-26-24(28-22)27-20-8-9-21-17(14-20)10-11-25-21/h3-11,13-15,25H,2,12H2,1H3,(H,26,27,28). The number of fused-ring (bicyclic) bond motifs is 2. The maximum absolute atomic E-state index is 13.1. The third kappa shape index (κ3) is 3.33. The SMILES string of the molecule is CCn1c(=O)c(Cc2ccccc2)cc2cnc(Nc3ccc4[nH]ccc4c3)nc21. The Morgan fingerprint density at radius 1 is 1.03 bits per heavy atom. The second-order valence-electron chi connectivity index (χ2n) is 7.26.